The summed E-state index contributed by atoms with van der Waals surface area (Å²) in [6.07, 6.45) is 4.30. The highest BCUT2D eigenvalue weighted by Gasteiger charge is 2.16. The molecule has 0 radical (unpaired) electrons. The third-order valence-electron chi connectivity index (χ3n) is 2.25. The van der Waals surface area contributed by atoms with Gasteiger partial charge in [0.25, 0.3) is 0 Å². The van der Waals surface area contributed by atoms with Crippen LogP contribution in [0.2, 0.25) is 0 Å². The molecule has 0 saturated heterocycles. The fourth-order valence-corrected chi connectivity index (χ4v) is 1.59. The second-order valence-corrected chi connectivity index (χ2v) is 3.53. The lowest BCUT2D eigenvalue weighted by atomic mass is 9.86. The van der Waals surface area contributed by atoms with Gasteiger partial charge in [-0.05, 0) is 36.1 Å². The summed E-state index contributed by atoms with van der Waals surface area (Å²) in [7, 11) is 0. The molecule has 0 aromatic carbocycles. The van der Waals surface area contributed by atoms with Crippen LogP contribution in [0.15, 0.2) is 23.7 Å². The molecule has 0 aliphatic heterocycles. The maximum absolute atomic E-state index is 5.59. The Morgan fingerprint density at radius 2 is 1.85 bits per heavy atom. The fraction of sp³-hybridized carbons (Fsp3) is 0.600. The van der Waals surface area contributed by atoms with Crippen molar-refractivity contribution in [2.75, 3.05) is 0 Å². The van der Waals surface area contributed by atoms with Crippen molar-refractivity contribution in [3.8, 4) is 0 Å². The SMILES string of the molecule is CCC(C(/C=C\N)=C(N)N)C(C)C. The van der Waals surface area contributed by atoms with Crippen LogP contribution in [0.5, 0.6) is 0 Å². The molecule has 6 N–H and O–H groups in total. The van der Waals surface area contributed by atoms with E-state index < -0.39 is 0 Å². The molecule has 0 aliphatic rings. The molecular formula is C10H21N3. The van der Waals surface area contributed by atoms with E-state index in [-0.39, 0.29) is 0 Å². The zero-order valence-corrected chi connectivity index (χ0v) is 8.75. The first-order chi connectivity index (χ1) is 6.04. The summed E-state index contributed by atoms with van der Waals surface area (Å²) in [6, 6.07) is 0. The van der Waals surface area contributed by atoms with Crippen molar-refractivity contribution < 1.29 is 0 Å². The predicted molar refractivity (Wildman–Crippen MR) is 57.3 cm³/mol. The molecular weight excluding hydrogens is 162 g/mol. The monoisotopic (exact) mass is 183 g/mol. The maximum Gasteiger partial charge on any atom is 0.0970 e. The lowest BCUT2D eigenvalue weighted by molar-refractivity contribution is 0.434. The van der Waals surface area contributed by atoms with E-state index in [9.17, 15) is 0 Å². The molecule has 0 heterocycles. The molecule has 0 aromatic rings. The van der Waals surface area contributed by atoms with Gasteiger partial charge in [0.05, 0.1) is 5.82 Å². The average molecular weight is 183 g/mol. The first-order valence-electron chi connectivity index (χ1n) is 4.67. The van der Waals surface area contributed by atoms with Crippen molar-refractivity contribution in [2.24, 2.45) is 29.0 Å². The Morgan fingerprint density at radius 1 is 1.31 bits per heavy atom. The number of allylic oxidation sites excluding steroid dienone is 2. The summed E-state index contributed by atoms with van der Waals surface area (Å²) in [5.74, 6) is 1.30. The molecule has 0 rings (SSSR count). The van der Waals surface area contributed by atoms with Gasteiger partial charge < -0.3 is 17.2 Å². The summed E-state index contributed by atoms with van der Waals surface area (Å²) in [6.45, 7) is 6.43. The molecule has 0 saturated carbocycles. The van der Waals surface area contributed by atoms with E-state index in [0.29, 0.717) is 17.7 Å². The Bertz CT molecular complexity index is 200. The van der Waals surface area contributed by atoms with Crippen LogP contribution >= 0.6 is 0 Å². The zero-order chi connectivity index (χ0) is 10.4. The van der Waals surface area contributed by atoms with E-state index in [1.54, 1.807) is 6.08 Å². The third kappa shape index (κ3) is 3.40. The third-order valence-corrected chi connectivity index (χ3v) is 2.25. The van der Waals surface area contributed by atoms with Gasteiger partial charge in [-0.3, -0.25) is 0 Å². The number of rotatable bonds is 4. The van der Waals surface area contributed by atoms with Crippen LogP contribution in [0.25, 0.3) is 0 Å². The van der Waals surface area contributed by atoms with Gasteiger partial charge in [-0.15, -0.1) is 0 Å². The second-order valence-electron chi connectivity index (χ2n) is 3.53. The van der Waals surface area contributed by atoms with Crippen molar-refractivity contribution in [3.63, 3.8) is 0 Å². The molecule has 0 bridgehead atoms. The largest absolute Gasteiger partial charge is 0.405 e. The fourth-order valence-electron chi connectivity index (χ4n) is 1.59. The highest BCUT2D eigenvalue weighted by Crippen LogP contribution is 2.24. The average Bonchev–Trinajstić information content (AvgIpc) is 2.03. The van der Waals surface area contributed by atoms with Gasteiger partial charge in [-0.25, -0.2) is 0 Å². The molecule has 0 amide bonds. The molecule has 76 valence electrons. The van der Waals surface area contributed by atoms with Gasteiger partial charge in [0.15, 0.2) is 0 Å². The molecule has 0 aromatic heterocycles. The minimum absolute atomic E-state index is 0.377. The lowest BCUT2D eigenvalue weighted by Gasteiger charge is -2.21. The van der Waals surface area contributed by atoms with E-state index in [0.717, 1.165) is 12.0 Å². The molecule has 1 unspecified atom stereocenters. The van der Waals surface area contributed by atoms with Gasteiger partial charge in [0.1, 0.15) is 0 Å². The lowest BCUT2D eigenvalue weighted by Crippen LogP contribution is -2.19. The van der Waals surface area contributed by atoms with Crippen molar-refractivity contribution in [1.29, 1.82) is 0 Å². The van der Waals surface area contributed by atoms with Crippen molar-refractivity contribution >= 4 is 0 Å². The maximum atomic E-state index is 5.59. The molecule has 13 heavy (non-hydrogen) atoms. The van der Waals surface area contributed by atoms with Gasteiger partial charge in [-0.1, -0.05) is 20.8 Å². The molecule has 0 spiro atoms. The zero-order valence-electron chi connectivity index (χ0n) is 8.75. The van der Waals surface area contributed by atoms with Crippen LogP contribution in [0.3, 0.4) is 0 Å². The minimum atomic E-state index is 0.377. The highest BCUT2D eigenvalue weighted by atomic mass is 14.8. The Balaban J connectivity index is 4.82. The van der Waals surface area contributed by atoms with Gasteiger partial charge in [-0.2, -0.15) is 0 Å². The van der Waals surface area contributed by atoms with Gasteiger partial charge >= 0.3 is 0 Å². The van der Waals surface area contributed by atoms with Crippen LogP contribution in [-0.4, -0.2) is 0 Å². The first kappa shape index (κ1) is 11.9. The van der Waals surface area contributed by atoms with E-state index in [2.05, 4.69) is 20.8 Å². The quantitative estimate of drug-likeness (QED) is 0.574. The minimum Gasteiger partial charge on any atom is -0.405 e. The summed E-state index contributed by atoms with van der Waals surface area (Å²) >= 11 is 0. The van der Waals surface area contributed by atoms with Crippen molar-refractivity contribution in [2.45, 2.75) is 27.2 Å². The Morgan fingerprint density at radius 3 is 2.08 bits per heavy atom. The van der Waals surface area contributed by atoms with E-state index in [4.69, 9.17) is 17.2 Å². The topological polar surface area (TPSA) is 78.1 Å². The smallest absolute Gasteiger partial charge is 0.0970 e. The van der Waals surface area contributed by atoms with Crippen molar-refractivity contribution in [1.82, 2.24) is 0 Å². The van der Waals surface area contributed by atoms with Gasteiger partial charge in [0, 0.05) is 0 Å². The van der Waals surface area contributed by atoms with E-state index >= 15 is 0 Å². The van der Waals surface area contributed by atoms with E-state index in [1.807, 2.05) is 0 Å². The number of hydrogen-bond donors (Lipinski definition) is 3. The molecule has 0 fully saturated rings. The summed E-state index contributed by atoms with van der Waals surface area (Å²) in [4.78, 5) is 0. The van der Waals surface area contributed by atoms with Crippen LogP contribution < -0.4 is 17.2 Å². The Kier molecular flexibility index (Phi) is 5.04. The normalized spacial score (nSPS) is 13.5. The Hall–Kier alpha value is -1.12. The molecule has 3 heteroatoms. The molecule has 3 nitrogen and oxygen atoms in total. The molecule has 1 atom stereocenters. The highest BCUT2D eigenvalue weighted by molar-refractivity contribution is 5.25. The number of nitrogens with two attached hydrogens (primary N) is 3. The number of hydrogen-bond acceptors (Lipinski definition) is 3. The van der Waals surface area contributed by atoms with Crippen LogP contribution in [0.4, 0.5) is 0 Å². The standard InChI is InChI=1S/C10H21N3/c1-4-8(7(2)3)9(5-6-11)10(12)13/h5-8H,4,11-13H2,1-3H3/b6-5-. The van der Waals surface area contributed by atoms with Crippen LogP contribution in [-0.2, 0) is 0 Å². The van der Waals surface area contributed by atoms with Crippen LogP contribution in [0.1, 0.15) is 27.2 Å². The van der Waals surface area contributed by atoms with Crippen LogP contribution in [0, 0.1) is 11.8 Å². The first-order valence-corrected chi connectivity index (χ1v) is 4.67. The second kappa shape index (κ2) is 5.51. The summed E-state index contributed by atoms with van der Waals surface area (Å²) in [5.41, 5.74) is 17.5. The summed E-state index contributed by atoms with van der Waals surface area (Å²) < 4.78 is 0. The molecule has 0 aliphatic carbocycles. The Labute approximate surface area is 80.7 Å². The summed E-state index contributed by atoms with van der Waals surface area (Å²) in [5, 5.41) is 0. The van der Waals surface area contributed by atoms with Crippen molar-refractivity contribution in [3.05, 3.63) is 23.7 Å². The van der Waals surface area contributed by atoms with E-state index in [1.165, 1.54) is 6.20 Å². The van der Waals surface area contributed by atoms with Gasteiger partial charge in [0.2, 0.25) is 0 Å². The predicted octanol–water partition coefficient (Wildman–Crippen LogP) is 1.27.